The number of ether oxygens (including phenoxy) is 1. The minimum absolute atomic E-state index is 0.0605. The molecular formula is C14H24N2O2. The van der Waals surface area contributed by atoms with Crippen molar-refractivity contribution < 1.29 is 9.84 Å². The van der Waals surface area contributed by atoms with Gasteiger partial charge < -0.3 is 15.6 Å². The van der Waals surface area contributed by atoms with Gasteiger partial charge in [-0.2, -0.15) is 0 Å². The minimum Gasteiger partial charge on any atom is -0.512 e. The third kappa shape index (κ3) is 6.13. The molecular weight excluding hydrogens is 228 g/mol. The maximum atomic E-state index is 9.83. The van der Waals surface area contributed by atoms with Gasteiger partial charge in [0.25, 0.3) is 0 Å². The minimum atomic E-state index is -0.113. The zero-order valence-electron chi connectivity index (χ0n) is 11.6. The number of hydrogen-bond donors (Lipinski definition) is 2. The van der Waals surface area contributed by atoms with E-state index in [1.54, 1.807) is 13.2 Å². The summed E-state index contributed by atoms with van der Waals surface area (Å²) < 4.78 is 5.11. The zero-order valence-corrected chi connectivity index (χ0v) is 11.6. The van der Waals surface area contributed by atoms with Gasteiger partial charge in [0.1, 0.15) is 0 Å². The number of aliphatic hydroxyl groups excluding tert-OH is 1. The van der Waals surface area contributed by atoms with Gasteiger partial charge in [-0.25, -0.2) is 0 Å². The van der Waals surface area contributed by atoms with E-state index in [1.165, 1.54) is 6.34 Å². The van der Waals surface area contributed by atoms with Crippen LogP contribution in [-0.4, -0.2) is 24.6 Å². The maximum Gasteiger partial charge on any atom is 0.0949 e. The van der Waals surface area contributed by atoms with E-state index in [0.717, 1.165) is 5.76 Å². The Bertz CT molecular complexity index is 344. The quantitative estimate of drug-likeness (QED) is 0.317. The van der Waals surface area contributed by atoms with Crippen molar-refractivity contribution in [1.82, 2.24) is 0 Å². The first-order valence-corrected chi connectivity index (χ1v) is 6.02. The molecule has 0 fully saturated rings. The lowest BCUT2D eigenvalue weighted by atomic mass is 9.96. The average Bonchev–Trinajstić information content (AvgIpc) is 2.37. The molecule has 0 heterocycles. The van der Waals surface area contributed by atoms with Crippen LogP contribution in [0, 0.1) is 5.92 Å². The molecule has 0 radical (unpaired) electrons. The lowest BCUT2D eigenvalue weighted by molar-refractivity contribution is 0.289. The molecule has 0 saturated carbocycles. The Balaban J connectivity index is 4.93. The molecule has 2 unspecified atom stereocenters. The molecule has 0 rings (SSSR count). The fraction of sp³-hybridized carbons (Fsp3) is 0.500. The van der Waals surface area contributed by atoms with Gasteiger partial charge in [-0.15, -0.1) is 0 Å². The molecule has 4 nitrogen and oxygen atoms in total. The number of hydrogen-bond acceptors (Lipinski definition) is 3. The van der Waals surface area contributed by atoms with Gasteiger partial charge in [0.05, 0.1) is 31.0 Å². The SMILES string of the molecule is C/C=C\C(CC(/C=C(\C)OC)N=CN)/C(O)=C\C. The lowest BCUT2D eigenvalue weighted by Gasteiger charge is -2.16. The molecule has 0 spiro atoms. The van der Waals surface area contributed by atoms with E-state index in [0.29, 0.717) is 12.2 Å². The summed E-state index contributed by atoms with van der Waals surface area (Å²) in [7, 11) is 1.61. The van der Waals surface area contributed by atoms with Gasteiger partial charge >= 0.3 is 0 Å². The molecule has 0 aliphatic carbocycles. The van der Waals surface area contributed by atoms with Crippen LogP contribution >= 0.6 is 0 Å². The second-order valence-electron chi connectivity index (χ2n) is 3.93. The molecule has 4 heteroatoms. The predicted molar refractivity (Wildman–Crippen MR) is 76.5 cm³/mol. The molecule has 0 aliphatic rings. The molecule has 0 aromatic rings. The Hall–Kier alpha value is -1.71. The highest BCUT2D eigenvalue weighted by atomic mass is 16.5. The van der Waals surface area contributed by atoms with Crippen molar-refractivity contribution in [3.8, 4) is 0 Å². The van der Waals surface area contributed by atoms with Crippen molar-refractivity contribution in [1.29, 1.82) is 0 Å². The summed E-state index contributed by atoms with van der Waals surface area (Å²) in [6.07, 6.45) is 9.38. The fourth-order valence-corrected chi connectivity index (χ4v) is 1.63. The second kappa shape index (κ2) is 9.33. The maximum absolute atomic E-state index is 9.83. The largest absolute Gasteiger partial charge is 0.512 e. The van der Waals surface area contributed by atoms with E-state index in [4.69, 9.17) is 10.5 Å². The molecule has 0 aromatic carbocycles. The number of methoxy groups -OCH3 is 1. The highest BCUT2D eigenvalue weighted by Crippen LogP contribution is 2.20. The van der Waals surface area contributed by atoms with Gasteiger partial charge in [0.15, 0.2) is 0 Å². The summed E-state index contributed by atoms with van der Waals surface area (Å²) in [5.41, 5.74) is 5.35. The molecule has 2 atom stereocenters. The first-order chi connectivity index (χ1) is 8.58. The highest BCUT2D eigenvalue weighted by Gasteiger charge is 2.15. The van der Waals surface area contributed by atoms with E-state index < -0.39 is 0 Å². The molecule has 0 aliphatic heterocycles. The van der Waals surface area contributed by atoms with Crippen LogP contribution in [0.5, 0.6) is 0 Å². The van der Waals surface area contributed by atoms with Crippen LogP contribution in [-0.2, 0) is 4.74 Å². The molecule has 0 saturated heterocycles. The first kappa shape index (κ1) is 16.3. The van der Waals surface area contributed by atoms with Gasteiger partial charge in [-0.05, 0) is 39.3 Å². The topological polar surface area (TPSA) is 67.8 Å². The number of allylic oxidation sites excluding steroid dienone is 4. The van der Waals surface area contributed by atoms with Crippen LogP contribution in [0.25, 0.3) is 0 Å². The van der Waals surface area contributed by atoms with Crippen molar-refractivity contribution in [2.75, 3.05) is 7.11 Å². The first-order valence-electron chi connectivity index (χ1n) is 6.02. The Morgan fingerprint density at radius 1 is 1.44 bits per heavy atom. The zero-order chi connectivity index (χ0) is 14.0. The van der Waals surface area contributed by atoms with Crippen molar-refractivity contribution in [2.24, 2.45) is 16.6 Å². The van der Waals surface area contributed by atoms with Gasteiger partial charge in [0, 0.05) is 5.92 Å². The summed E-state index contributed by atoms with van der Waals surface area (Å²) in [5.74, 6) is 1.06. The highest BCUT2D eigenvalue weighted by molar-refractivity contribution is 5.51. The van der Waals surface area contributed by atoms with Crippen molar-refractivity contribution >= 4 is 6.34 Å². The number of aliphatic imine (C=N–C) groups is 1. The standard InChI is InChI=1S/C14H24N2O2/c1-5-7-12(14(17)6-2)9-13(16-10-15)8-11(3)18-4/h5-8,10,12-13,17H,9H2,1-4H3,(H2,15,16)/b7-5-,11-8+,14-6+. The fourth-order valence-electron chi connectivity index (χ4n) is 1.63. The predicted octanol–water partition coefficient (Wildman–Crippen LogP) is 2.94. The van der Waals surface area contributed by atoms with Crippen LogP contribution in [0.2, 0.25) is 0 Å². The van der Waals surface area contributed by atoms with E-state index in [9.17, 15) is 5.11 Å². The Labute approximate surface area is 110 Å². The number of nitrogens with two attached hydrogens (primary N) is 1. The molecule has 102 valence electrons. The van der Waals surface area contributed by atoms with Crippen molar-refractivity contribution in [2.45, 2.75) is 33.2 Å². The van der Waals surface area contributed by atoms with Crippen LogP contribution < -0.4 is 5.73 Å². The summed E-state index contributed by atoms with van der Waals surface area (Å²) in [6, 6.07) is -0.113. The lowest BCUT2D eigenvalue weighted by Crippen LogP contribution is -2.13. The Morgan fingerprint density at radius 2 is 2.11 bits per heavy atom. The molecule has 0 bridgehead atoms. The van der Waals surface area contributed by atoms with E-state index >= 15 is 0 Å². The van der Waals surface area contributed by atoms with Crippen LogP contribution in [0.4, 0.5) is 0 Å². The Kier molecular flexibility index (Phi) is 8.45. The Morgan fingerprint density at radius 3 is 2.56 bits per heavy atom. The summed E-state index contributed by atoms with van der Waals surface area (Å²) in [6.45, 7) is 5.59. The molecule has 18 heavy (non-hydrogen) atoms. The summed E-state index contributed by atoms with van der Waals surface area (Å²) >= 11 is 0. The van der Waals surface area contributed by atoms with Crippen LogP contribution in [0.3, 0.4) is 0 Å². The molecule has 0 amide bonds. The number of aliphatic hydroxyl groups is 1. The number of nitrogens with zero attached hydrogens (tertiary/aromatic N) is 1. The third-order valence-electron chi connectivity index (χ3n) is 2.62. The van der Waals surface area contributed by atoms with Gasteiger partial charge in [0.2, 0.25) is 0 Å². The van der Waals surface area contributed by atoms with Crippen molar-refractivity contribution in [3.05, 3.63) is 35.8 Å². The summed E-state index contributed by atoms with van der Waals surface area (Å²) in [4.78, 5) is 4.17. The monoisotopic (exact) mass is 252 g/mol. The van der Waals surface area contributed by atoms with Crippen LogP contribution in [0.15, 0.2) is 40.8 Å². The smallest absolute Gasteiger partial charge is 0.0949 e. The molecule has 0 aromatic heterocycles. The second-order valence-corrected chi connectivity index (χ2v) is 3.93. The van der Waals surface area contributed by atoms with Gasteiger partial charge in [-0.3, -0.25) is 4.99 Å². The summed E-state index contributed by atoms with van der Waals surface area (Å²) in [5, 5.41) is 9.83. The average molecular weight is 252 g/mol. The number of rotatable bonds is 7. The van der Waals surface area contributed by atoms with E-state index in [-0.39, 0.29) is 12.0 Å². The van der Waals surface area contributed by atoms with Gasteiger partial charge in [-0.1, -0.05) is 12.2 Å². The normalized spacial score (nSPS) is 17.3. The van der Waals surface area contributed by atoms with Crippen LogP contribution in [0.1, 0.15) is 27.2 Å². The molecule has 3 N–H and O–H groups in total. The van der Waals surface area contributed by atoms with Crippen molar-refractivity contribution in [3.63, 3.8) is 0 Å². The van der Waals surface area contributed by atoms with E-state index in [1.807, 2.05) is 39.0 Å². The van der Waals surface area contributed by atoms with E-state index in [2.05, 4.69) is 4.99 Å². The third-order valence-corrected chi connectivity index (χ3v) is 2.62.